The maximum absolute atomic E-state index is 12.3. The van der Waals surface area contributed by atoms with E-state index in [-0.39, 0.29) is 12.1 Å². The molecule has 2 atom stereocenters. The Morgan fingerprint density at radius 1 is 1.44 bits per heavy atom. The Kier molecular flexibility index (Phi) is 4.11. The fourth-order valence-electron chi connectivity index (χ4n) is 2.01. The summed E-state index contributed by atoms with van der Waals surface area (Å²) in [6.07, 6.45) is 0.639. The second-order valence-corrected chi connectivity index (χ2v) is 7.10. The molecule has 6 heteroatoms. The first kappa shape index (κ1) is 14.0. The highest BCUT2D eigenvalue weighted by molar-refractivity contribution is 9.10. The Labute approximate surface area is 116 Å². The minimum atomic E-state index is -3.49. The third kappa shape index (κ3) is 2.93. The molecular weight excluding hydrogens is 318 g/mol. The zero-order chi connectivity index (χ0) is 13.3. The third-order valence-electron chi connectivity index (χ3n) is 3.12. The van der Waals surface area contributed by atoms with Gasteiger partial charge in [-0.15, -0.1) is 0 Å². The number of ether oxygens (including phenoxy) is 1. The highest BCUT2D eigenvalue weighted by Gasteiger charge is 2.29. The summed E-state index contributed by atoms with van der Waals surface area (Å²) in [6, 6.07) is 5.09. The van der Waals surface area contributed by atoms with Crippen molar-refractivity contribution in [2.75, 3.05) is 6.61 Å². The predicted molar refractivity (Wildman–Crippen MR) is 73.0 cm³/mol. The van der Waals surface area contributed by atoms with Crippen molar-refractivity contribution in [3.05, 3.63) is 28.2 Å². The molecule has 1 aliphatic rings. The average molecular weight is 334 g/mol. The van der Waals surface area contributed by atoms with Gasteiger partial charge in [0.1, 0.15) is 0 Å². The lowest BCUT2D eigenvalue weighted by molar-refractivity contribution is 0.117. The van der Waals surface area contributed by atoms with Crippen molar-refractivity contribution in [1.29, 1.82) is 0 Å². The molecule has 1 aromatic rings. The number of hydrogen-bond acceptors (Lipinski definition) is 3. The van der Waals surface area contributed by atoms with E-state index in [2.05, 4.69) is 20.7 Å². The standard InChI is InChI=1S/C12H16BrNO3S/c1-8-3-4-10(13)7-12(8)18(15,16)14-11-5-6-17-9(11)2/h3-4,7,9,11,14H,5-6H2,1-2H3. The summed E-state index contributed by atoms with van der Waals surface area (Å²) in [5.41, 5.74) is 0.734. The lowest BCUT2D eigenvalue weighted by atomic mass is 10.2. The van der Waals surface area contributed by atoms with E-state index in [4.69, 9.17) is 4.74 Å². The monoisotopic (exact) mass is 333 g/mol. The molecule has 1 fully saturated rings. The molecule has 0 radical (unpaired) electrons. The molecule has 18 heavy (non-hydrogen) atoms. The number of aryl methyl sites for hydroxylation is 1. The highest BCUT2D eigenvalue weighted by atomic mass is 79.9. The Balaban J connectivity index is 2.28. The van der Waals surface area contributed by atoms with Gasteiger partial charge in [-0.25, -0.2) is 13.1 Å². The molecule has 1 aliphatic heterocycles. The van der Waals surface area contributed by atoms with Gasteiger partial charge in [0.05, 0.1) is 17.0 Å². The zero-order valence-electron chi connectivity index (χ0n) is 10.3. The van der Waals surface area contributed by atoms with E-state index in [0.29, 0.717) is 17.9 Å². The van der Waals surface area contributed by atoms with Crippen LogP contribution >= 0.6 is 15.9 Å². The molecule has 2 unspecified atom stereocenters. The molecule has 0 spiro atoms. The summed E-state index contributed by atoms with van der Waals surface area (Å²) < 4.78 is 33.5. The molecule has 1 saturated heterocycles. The molecule has 0 saturated carbocycles. The van der Waals surface area contributed by atoms with Crippen LogP contribution < -0.4 is 4.72 Å². The first-order valence-corrected chi connectivity index (χ1v) is 8.08. The number of benzene rings is 1. The molecule has 0 amide bonds. The Hall–Kier alpha value is -0.430. The Bertz CT molecular complexity index is 544. The molecule has 2 rings (SSSR count). The van der Waals surface area contributed by atoms with Crippen molar-refractivity contribution in [3.63, 3.8) is 0 Å². The molecule has 1 heterocycles. The summed E-state index contributed by atoms with van der Waals surface area (Å²) in [7, 11) is -3.49. The quantitative estimate of drug-likeness (QED) is 0.922. The van der Waals surface area contributed by atoms with Crippen LogP contribution in [0.15, 0.2) is 27.6 Å². The van der Waals surface area contributed by atoms with Crippen LogP contribution in [-0.4, -0.2) is 27.2 Å². The molecule has 4 nitrogen and oxygen atoms in total. The number of rotatable bonds is 3. The molecular formula is C12H16BrNO3S. The summed E-state index contributed by atoms with van der Waals surface area (Å²) >= 11 is 3.30. The van der Waals surface area contributed by atoms with E-state index in [1.807, 2.05) is 13.0 Å². The van der Waals surface area contributed by atoms with Gasteiger partial charge >= 0.3 is 0 Å². The number of halogens is 1. The normalized spacial score (nSPS) is 24.4. The van der Waals surface area contributed by atoms with E-state index >= 15 is 0 Å². The first-order valence-electron chi connectivity index (χ1n) is 5.80. The fraction of sp³-hybridized carbons (Fsp3) is 0.500. The summed E-state index contributed by atoms with van der Waals surface area (Å²) in [4.78, 5) is 0.316. The number of hydrogen-bond donors (Lipinski definition) is 1. The van der Waals surface area contributed by atoms with Crippen LogP contribution in [0.3, 0.4) is 0 Å². The van der Waals surface area contributed by atoms with E-state index in [0.717, 1.165) is 10.0 Å². The first-order chi connectivity index (χ1) is 8.40. The van der Waals surface area contributed by atoms with E-state index in [9.17, 15) is 8.42 Å². The van der Waals surface area contributed by atoms with Crippen LogP contribution in [0.25, 0.3) is 0 Å². The summed E-state index contributed by atoms with van der Waals surface area (Å²) in [6.45, 7) is 4.27. The zero-order valence-corrected chi connectivity index (χ0v) is 12.7. The van der Waals surface area contributed by atoms with Crippen LogP contribution in [0.1, 0.15) is 18.9 Å². The van der Waals surface area contributed by atoms with E-state index in [1.165, 1.54) is 0 Å². The van der Waals surface area contributed by atoms with Crippen molar-refractivity contribution in [3.8, 4) is 0 Å². The van der Waals surface area contributed by atoms with Crippen LogP contribution in [0.5, 0.6) is 0 Å². The number of nitrogens with one attached hydrogen (secondary N) is 1. The van der Waals surface area contributed by atoms with Gasteiger partial charge in [0, 0.05) is 11.1 Å². The van der Waals surface area contributed by atoms with Crippen LogP contribution in [0.4, 0.5) is 0 Å². The maximum Gasteiger partial charge on any atom is 0.241 e. The SMILES string of the molecule is Cc1ccc(Br)cc1S(=O)(=O)NC1CCOC1C. The average Bonchev–Trinajstić information content (AvgIpc) is 2.67. The van der Waals surface area contributed by atoms with Crippen molar-refractivity contribution in [1.82, 2.24) is 4.72 Å². The lowest BCUT2D eigenvalue weighted by Gasteiger charge is -2.17. The smallest absolute Gasteiger partial charge is 0.241 e. The Morgan fingerprint density at radius 3 is 2.78 bits per heavy atom. The van der Waals surface area contributed by atoms with Crippen LogP contribution in [-0.2, 0) is 14.8 Å². The van der Waals surface area contributed by atoms with Crippen LogP contribution in [0.2, 0.25) is 0 Å². The van der Waals surface area contributed by atoms with Crippen molar-refractivity contribution in [2.24, 2.45) is 0 Å². The van der Waals surface area contributed by atoms with Crippen LogP contribution in [0, 0.1) is 6.92 Å². The summed E-state index contributed by atoms with van der Waals surface area (Å²) in [5.74, 6) is 0. The van der Waals surface area contributed by atoms with Gasteiger partial charge in [0.15, 0.2) is 0 Å². The van der Waals surface area contributed by atoms with Crippen molar-refractivity contribution >= 4 is 26.0 Å². The van der Waals surface area contributed by atoms with Gasteiger partial charge in [0.2, 0.25) is 10.0 Å². The lowest BCUT2D eigenvalue weighted by Crippen LogP contribution is -2.39. The second-order valence-electron chi connectivity index (χ2n) is 4.50. The Morgan fingerprint density at radius 2 is 2.17 bits per heavy atom. The number of sulfonamides is 1. The van der Waals surface area contributed by atoms with E-state index < -0.39 is 10.0 Å². The van der Waals surface area contributed by atoms with Crippen molar-refractivity contribution < 1.29 is 13.2 Å². The highest BCUT2D eigenvalue weighted by Crippen LogP contribution is 2.22. The van der Waals surface area contributed by atoms with Gasteiger partial charge in [-0.2, -0.15) is 0 Å². The molecule has 100 valence electrons. The predicted octanol–water partition coefficient (Wildman–Crippen LogP) is 2.21. The maximum atomic E-state index is 12.3. The summed E-state index contributed by atoms with van der Waals surface area (Å²) in [5, 5.41) is 0. The van der Waals surface area contributed by atoms with Gasteiger partial charge in [-0.05, 0) is 38.0 Å². The van der Waals surface area contributed by atoms with Gasteiger partial charge in [-0.3, -0.25) is 0 Å². The van der Waals surface area contributed by atoms with E-state index in [1.54, 1.807) is 19.1 Å². The third-order valence-corrected chi connectivity index (χ3v) is 5.25. The van der Waals surface area contributed by atoms with Gasteiger partial charge in [0.25, 0.3) is 0 Å². The fourth-order valence-corrected chi connectivity index (χ4v) is 4.13. The largest absolute Gasteiger partial charge is 0.377 e. The minimum Gasteiger partial charge on any atom is -0.377 e. The topological polar surface area (TPSA) is 55.4 Å². The van der Waals surface area contributed by atoms with Gasteiger partial charge in [-0.1, -0.05) is 22.0 Å². The molecule has 0 aromatic heterocycles. The van der Waals surface area contributed by atoms with Crippen molar-refractivity contribution in [2.45, 2.75) is 37.3 Å². The molecule has 0 bridgehead atoms. The minimum absolute atomic E-state index is 0.0766. The molecule has 1 aromatic carbocycles. The second kappa shape index (κ2) is 5.28. The molecule has 0 aliphatic carbocycles. The molecule has 1 N–H and O–H groups in total. The van der Waals surface area contributed by atoms with Gasteiger partial charge < -0.3 is 4.74 Å².